The van der Waals surface area contributed by atoms with Crippen LogP contribution < -0.4 is 0 Å². The van der Waals surface area contributed by atoms with Crippen LogP contribution >= 0.6 is 11.6 Å². The molecule has 1 N–H and O–H groups in total. The second-order valence-corrected chi connectivity index (χ2v) is 4.45. The van der Waals surface area contributed by atoms with Gasteiger partial charge in [-0.05, 0) is 31.0 Å². The molecule has 1 aromatic heterocycles. The van der Waals surface area contributed by atoms with Crippen LogP contribution in [0, 0.1) is 10.1 Å². The summed E-state index contributed by atoms with van der Waals surface area (Å²) in [6, 6.07) is 8.21. The van der Waals surface area contributed by atoms with Crippen LogP contribution in [-0.4, -0.2) is 15.0 Å². The van der Waals surface area contributed by atoms with Crippen LogP contribution in [0.4, 0.5) is 5.69 Å². The van der Waals surface area contributed by atoms with Crippen molar-refractivity contribution in [3.05, 3.63) is 62.9 Å². The van der Waals surface area contributed by atoms with Crippen molar-refractivity contribution in [1.29, 1.82) is 0 Å². The first-order valence-electron chi connectivity index (χ1n) is 5.63. The van der Waals surface area contributed by atoms with Gasteiger partial charge in [-0.3, -0.25) is 15.1 Å². The number of aryl methyl sites for hydroxylation is 2. The summed E-state index contributed by atoms with van der Waals surface area (Å²) in [5.74, 6) is -0.328. The van der Waals surface area contributed by atoms with Gasteiger partial charge in [0.15, 0.2) is 5.75 Å². The maximum atomic E-state index is 10.8. The third-order valence-corrected chi connectivity index (χ3v) is 2.93. The zero-order chi connectivity index (χ0) is 13.8. The van der Waals surface area contributed by atoms with Gasteiger partial charge in [-0.1, -0.05) is 17.7 Å². The minimum atomic E-state index is -0.647. The van der Waals surface area contributed by atoms with Crippen molar-refractivity contribution in [3.8, 4) is 5.75 Å². The molecule has 5 nitrogen and oxygen atoms in total. The third-order valence-electron chi connectivity index (χ3n) is 2.71. The zero-order valence-electron chi connectivity index (χ0n) is 9.91. The van der Waals surface area contributed by atoms with Crippen molar-refractivity contribution in [2.45, 2.75) is 12.8 Å². The first kappa shape index (κ1) is 13.3. The van der Waals surface area contributed by atoms with Crippen LogP contribution in [-0.2, 0) is 12.8 Å². The summed E-state index contributed by atoms with van der Waals surface area (Å²) in [5.41, 5.74) is 0.929. The first-order valence-corrected chi connectivity index (χ1v) is 6.01. The van der Waals surface area contributed by atoms with Crippen molar-refractivity contribution in [3.63, 3.8) is 0 Å². The molecule has 6 heteroatoms. The summed E-state index contributed by atoms with van der Waals surface area (Å²) in [5, 5.41) is 20.9. The van der Waals surface area contributed by atoms with E-state index >= 15 is 0 Å². The number of hydrogen-bond acceptors (Lipinski definition) is 4. The van der Waals surface area contributed by atoms with E-state index in [9.17, 15) is 15.2 Å². The Hall–Kier alpha value is -2.14. The van der Waals surface area contributed by atoms with Gasteiger partial charge in [0.05, 0.1) is 4.92 Å². The van der Waals surface area contributed by atoms with Crippen LogP contribution in [0.5, 0.6) is 5.75 Å². The Bertz CT molecular complexity index is 602. The van der Waals surface area contributed by atoms with Gasteiger partial charge in [0, 0.05) is 28.5 Å². The number of nitro benzene ring substituents is 1. The maximum absolute atomic E-state index is 10.8. The van der Waals surface area contributed by atoms with E-state index in [1.165, 1.54) is 6.07 Å². The fourth-order valence-electron chi connectivity index (χ4n) is 1.78. The molecule has 0 amide bonds. The number of rotatable bonds is 4. The van der Waals surface area contributed by atoms with E-state index < -0.39 is 4.92 Å². The summed E-state index contributed by atoms with van der Waals surface area (Å²) in [7, 11) is 0. The van der Waals surface area contributed by atoms with Crippen LogP contribution in [0.3, 0.4) is 0 Å². The smallest absolute Gasteiger partial charge is 0.312 e. The summed E-state index contributed by atoms with van der Waals surface area (Å²) in [6.45, 7) is 0. The molecule has 19 heavy (non-hydrogen) atoms. The molecular weight excluding hydrogens is 268 g/mol. The summed E-state index contributed by atoms with van der Waals surface area (Å²) < 4.78 is 0. The number of pyridine rings is 1. The lowest BCUT2D eigenvalue weighted by atomic mass is 10.1. The Labute approximate surface area is 114 Å². The van der Waals surface area contributed by atoms with Gasteiger partial charge in [0.1, 0.15) is 0 Å². The molecule has 2 aromatic rings. The summed E-state index contributed by atoms with van der Waals surface area (Å²) in [6.07, 6.45) is 2.69. The molecule has 0 fully saturated rings. The van der Waals surface area contributed by atoms with Crippen LogP contribution in [0.1, 0.15) is 11.3 Å². The second-order valence-electron chi connectivity index (χ2n) is 4.01. The van der Waals surface area contributed by atoms with Gasteiger partial charge >= 0.3 is 5.69 Å². The minimum absolute atomic E-state index is 0.237. The largest absolute Gasteiger partial charge is 0.502 e. The highest BCUT2D eigenvalue weighted by atomic mass is 35.5. The number of halogens is 1. The summed E-state index contributed by atoms with van der Waals surface area (Å²) in [4.78, 5) is 14.3. The van der Waals surface area contributed by atoms with Gasteiger partial charge < -0.3 is 5.11 Å². The number of benzene rings is 1. The predicted octanol–water partition coefficient (Wildman–Crippen LogP) is 3.13. The Kier molecular flexibility index (Phi) is 3.97. The molecule has 0 saturated heterocycles. The Morgan fingerprint density at radius 2 is 2.11 bits per heavy atom. The lowest BCUT2D eigenvalue weighted by Gasteiger charge is -2.06. The minimum Gasteiger partial charge on any atom is -0.502 e. The van der Waals surface area contributed by atoms with E-state index in [0.29, 0.717) is 18.4 Å². The number of aromatic nitrogens is 1. The Balaban J connectivity index is 2.23. The normalized spacial score (nSPS) is 10.4. The highest BCUT2D eigenvalue weighted by Gasteiger charge is 2.18. The molecule has 0 spiro atoms. The molecule has 0 aliphatic carbocycles. The van der Waals surface area contributed by atoms with Crippen LogP contribution in [0.25, 0.3) is 0 Å². The Morgan fingerprint density at radius 3 is 2.74 bits per heavy atom. The SMILES string of the molecule is O=[N+]([O-])c1cc(Cl)cc(CCc2ccccn2)c1O. The lowest BCUT2D eigenvalue weighted by molar-refractivity contribution is -0.385. The van der Waals surface area contributed by atoms with Gasteiger partial charge in [0.2, 0.25) is 0 Å². The molecule has 0 saturated carbocycles. The predicted molar refractivity (Wildman–Crippen MR) is 71.4 cm³/mol. The third kappa shape index (κ3) is 3.20. The number of aromatic hydroxyl groups is 1. The standard InChI is InChI=1S/C13H11ClN2O3/c14-10-7-9(13(17)12(8-10)16(18)19)4-5-11-3-1-2-6-15-11/h1-3,6-8,17H,4-5H2. The topological polar surface area (TPSA) is 76.3 Å². The quantitative estimate of drug-likeness (QED) is 0.688. The van der Waals surface area contributed by atoms with E-state index in [1.807, 2.05) is 18.2 Å². The van der Waals surface area contributed by atoms with Gasteiger partial charge in [-0.15, -0.1) is 0 Å². The molecule has 0 aliphatic heterocycles. The summed E-state index contributed by atoms with van der Waals surface area (Å²) >= 11 is 5.82. The van der Waals surface area contributed by atoms with E-state index in [-0.39, 0.29) is 16.5 Å². The lowest BCUT2D eigenvalue weighted by Crippen LogP contribution is -1.97. The van der Waals surface area contributed by atoms with Crippen molar-refractivity contribution >= 4 is 17.3 Å². The number of phenols is 1. The second kappa shape index (κ2) is 5.67. The zero-order valence-corrected chi connectivity index (χ0v) is 10.7. The number of phenolic OH excluding ortho intramolecular Hbond substituents is 1. The van der Waals surface area contributed by atoms with E-state index in [4.69, 9.17) is 11.6 Å². The molecule has 1 heterocycles. The first-order chi connectivity index (χ1) is 9.08. The molecule has 0 aliphatic rings. The molecule has 0 radical (unpaired) electrons. The van der Waals surface area contributed by atoms with Gasteiger partial charge in [-0.2, -0.15) is 0 Å². The maximum Gasteiger partial charge on any atom is 0.312 e. The monoisotopic (exact) mass is 278 g/mol. The number of nitrogens with zero attached hydrogens (tertiary/aromatic N) is 2. The van der Waals surface area contributed by atoms with Crippen LogP contribution in [0.2, 0.25) is 5.02 Å². The average molecular weight is 279 g/mol. The van der Waals surface area contributed by atoms with Crippen molar-refractivity contribution < 1.29 is 10.0 Å². The highest BCUT2D eigenvalue weighted by molar-refractivity contribution is 6.31. The van der Waals surface area contributed by atoms with Crippen LogP contribution in [0.15, 0.2) is 36.5 Å². The number of nitro groups is 1. The highest BCUT2D eigenvalue weighted by Crippen LogP contribution is 2.33. The van der Waals surface area contributed by atoms with E-state index in [0.717, 1.165) is 11.8 Å². The fraction of sp³-hybridized carbons (Fsp3) is 0.154. The molecular formula is C13H11ClN2O3. The molecule has 0 bridgehead atoms. The molecule has 98 valence electrons. The van der Waals surface area contributed by atoms with E-state index in [2.05, 4.69) is 4.98 Å². The number of hydrogen-bond donors (Lipinski definition) is 1. The van der Waals surface area contributed by atoms with Crippen molar-refractivity contribution in [2.24, 2.45) is 0 Å². The Morgan fingerprint density at radius 1 is 1.32 bits per heavy atom. The fourth-order valence-corrected chi connectivity index (χ4v) is 2.01. The molecule has 1 aromatic carbocycles. The molecule has 0 atom stereocenters. The average Bonchev–Trinajstić information content (AvgIpc) is 2.40. The van der Waals surface area contributed by atoms with Crippen molar-refractivity contribution in [1.82, 2.24) is 4.98 Å². The van der Waals surface area contributed by atoms with E-state index in [1.54, 1.807) is 6.20 Å². The van der Waals surface area contributed by atoms with Gasteiger partial charge in [-0.25, -0.2) is 0 Å². The van der Waals surface area contributed by atoms with Crippen molar-refractivity contribution in [2.75, 3.05) is 0 Å². The molecule has 2 rings (SSSR count). The molecule has 0 unspecified atom stereocenters. The van der Waals surface area contributed by atoms with Gasteiger partial charge in [0.25, 0.3) is 0 Å².